The van der Waals surface area contributed by atoms with Crippen molar-refractivity contribution < 1.29 is 9.53 Å². The summed E-state index contributed by atoms with van der Waals surface area (Å²) in [5.41, 5.74) is 6.89. The molecule has 17 heavy (non-hydrogen) atoms. The van der Waals surface area contributed by atoms with Gasteiger partial charge in [-0.15, -0.1) is 0 Å². The molecule has 1 aliphatic rings. The Morgan fingerprint density at radius 3 is 2.82 bits per heavy atom. The minimum Gasteiger partial charge on any atom is -0.399 e. The molecule has 2 rings (SSSR count). The number of ether oxygens (including phenoxy) is 1. The first-order chi connectivity index (χ1) is 8.25. The highest BCUT2D eigenvalue weighted by Gasteiger charge is 2.15. The van der Waals surface area contributed by atoms with Crippen molar-refractivity contribution in [3.8, 4) is 0 Å². The molecule has 0 saturated carbocycles. The van der Waals surface area contributed by atoms with Crippen LogP contribution in [0.15, 0.2) is 24.3 Å². The van der Waals surface area contributed by atoms with Gasteiger partial charge in [-0.25, -0.2) is 0 Å². The molecule has 1 saturated heterocycles. The average Bonchev–Trinajstić information content (AvgIpc) is 2.83. The molecule has 0 aromatic heterocycles. The Labute approximate surface area is 101 Å². The third-order valence-electron chi connectivity index (χ3n) is 3.04. The average molecular weight is 234 g/mol. The molecule has 3 N–H and O–H groups in total. The Bertz CT molecular complexity index is 370. The number of nitrogens with two attached hydrogens (primary N) is 1. The molecule has 0 aliphatic carbocycles. The molecule has 4 nitrogen and oxygen atoms in total. The van der Waals surface area contributed by atoms with Crippen molar-refractivity contribution in [3.05, 3.63) is 29.8 Å². The van der Waals surface area contributed by atoms with Gasteiger partial charge in [0.25, 0.3) is 5.91 Å². The lowest BCUT2D eigenvalue weighted by atomic mass is 10.1. The fourth-order valence-corrected chi connectivity index (χ4v) is 1.94. The first-order valence-corrected chi connectivity index (χ1v) is 5.97. The molecule has 1 unspecified atom stereocenters. The lowest BCUT2D eigenvalue weighted by Crippen LogP contribution is -2.26. The van der Waals surface area contributed by atoms with Gasteiger partial charge in [-0.2, -0.15) is 0 Å². The molecular weight excluding hydrogens is 216 g/mol. The van der Waals surface area contributed by atoms with Crippen LogP contribution in [0.3, 0.4) is 0 Å². The van der Waals surface area contributed by atoms with Crippen LogP contribution in [0.25, 0.3) is 0 Å². The van der Waals surface area contributed by atoms with E-state index in [-0.39, 0.29) is 5.91 Å². The summed E-state index contributed by atoms with van der Waals surface area (Å²) in [7, 11) is 0. The molecule has 1 amide bonds. The number of nitrogens with one attached hydrogen (secondary N) is 1. The standard InChI is InChI=1S/C13H18N2O2/c14-12-3-1-11(2-4-12)13(16)15-7-5-10-6-8-17-9-10/h1-4,10H,5-9,14H2,(H,15,16). The zero-order valence-electron chi connectivity index (χ0n) is 9.82. The minimum atomic E-state index is -0.0380. The Hall–Kier alpha value is -1.55. The summed E-state index contributed by atoms with van der Waals surface area (Å²) in [6.45, 7) is 2.39. The second-order valence-electron chi connectivity index (χ2n) is 4.40. The number of rotatable bonds is 4. The third-order valence-corrected chi connectivity index (χ3v) is 3.04. The summed E-state index contributed by atoms with van der Waals surface area (Å²) in [6, 6.07) is 6.95. The number of anilines is 1. The quantitative estimate of drug-likeness (QED) is 0.774. The normalized spacial score (nSPS) is 19.2. The van der Waals surface area contributed by atoms with E-state index in [1.165, 1.54) is 0 Å². The summed E-state index contributed by atoms with van der Waals surface area (Å²) in [5, 5.41) is 2.91. The van der Waals surface area contributed by atoms with Crippen LogP contribution in [0.5, 0.6) is 0 Å². The van der Waals surface area contributed by atoms with Crippen molar-refractivity contribution in [3.63, 3.8) is 0 Å². The number of carbonyl (C=O) groups is 1. The number of hydrogen-bond donors (Lipinski definition) is 2. The highest BCUT2D eigenvalue weighted by molar-refractivity contribution is 5.94. The summed E-state index contributed by atoms with van der Waals surface area (Å²) < 4.78 is 5.29. The highest BCUT2D eigenvalue weighted by Crippen LogP contribution is 2.15. The Morgan fingerprint density at radius 1 is 1.41 bits per heavy atom. The molecule has 1 aliphatic heterocycles. The number of hydrogen-bond acceptors (Lipinski definition) is 3. The highest BCUT2D eigenvalue weighted by atomic mass is 16.5. The second-order valence-corrected chi connectivity index (χ2v) is 4.40. The van der Waals surface area contributed by atoms with Gasteiger partial charge in [-0.05, 0) is 43.0 Å². The van der Waals surface area contributed by atoms with Crippen molar-refractivity contribution in [1.29, 1.82) is 0 Å². The van der Waals surface area contributed by atoms with Gasteiger partial charge in [0.15, 0.2) is 0 Å². The first-order valence-electron chi connectivity index (χ1n) is 5.97. The van der Waals surface area contributed by atoms with Gasteiger partial charge in [0.05, 0.1) is 0 Å². The van der Waals surface area contributed by atoms with E-state index in [2.05, 4.69) is 5.32 Å². The maximum atomic E-state index is 11.7. The van der Waals surface area contributed by atoms with E-state index in [4.69, 9.17) is 10.5 Å². The van der Waals surface area contributed by atoms with E-state index in [1.54, 1.807) is 24.3 Å². The summed E-state index contributed by atoms with van der Waals surface area (Å²) in [5.74, 6) is 0.561. The van der Waals surface area contributed by atoms with Crippen LogP contribution in [0, 0.1) is 5.92 Å². The van der Waals surface area contributed by atoms with Crippen molar-refractivity contribution in [2.75, 3.05) is 25.5 Å². The van der Waals surface area contributed by atoms with Crippen LogP contribution in [0.1, 0.15) is 23.2 Å². The Morgan fingerprint density at radius 2 is 2.18 bits per heavy atom. The minimum absolute atomic E-state index is 0.0380. The molecule has 1 heterocycles. The van der Waals surface area contributed by atoms with E-state index >= 15 is 0 Å². The van der Waals surface area contributed by atoms with Gasteiger partial charge in [0.2, 0.25) is 0 Å². The van der Waals surface area contributed by atoms with Crippen LogP contribution in [-0.4, -0.2) is 25.7 Å². The van der Waals surface area contributed by atoms with Crippen LogP contribution in [-0.2, 0) is 4.74 Å². The van der Waals surface area contributed by atoms with Crippen LogP contribution < -0.4 is 11.1 Å². The van der Waals surface area contributed by atoms with Gasteiger partial charge in [-0.1, -0.05) is 0 Å². The van der Waals surface area contributed by atoms with E-state index in [0.29, 0.717) is 23.7 Å². The Balaban J connectivity index is 1.75. The van der Waals surface area contributed by atoms with Gasteiger partial charge in [0.1, 0.15) is 0 Å². The van der Waals surface area contributed by atoms with Crippen LogP contribution in [0.4, 0.5) is 5.69 Å². The van der Waals surface area contributed by atoms with Crippen molar-refractivity contribution in [2.45, 2.75) is 12.8 Å². The maximum absolute atomic E-state index is 11.7. The van der Waals surface area contributed by atoms with E-state index < -0.39 is 0 Å². The molecule has 1 fully saturated rings. The van der Waals surface area contributed by atoms with Crippen LogP contribution in [0.2, 0.25) is 0 Å². The number of amides is 1. The van der Waals surface area contributed by atoms with Crippen molar-refractivity contribution in [1.82, 2.24) is 5.32 Å². The SMILES string of the molecule is Nc1ccc(C(=O)NCCC2CCOC2)cc1. The molecule has 1 atom stereocenters. The molecule has 0 spiro atoms. The molecule has 0 bridgehead atoms. The first kappa shape index (κ1) is 11.9. The topological polar surface area (TPSA) is 64.4 Å². The lowest BCUT2D eigenvalue weighted by molar-refractivity contribution is 0.0950. The molecular formula is C13H18N2O2. The second kappa shape index (κ2) is 5.68. The summed E-state index contributed by atoms with van der Waals surface area (Å²) in [6.07, 6.45) is 2.10. The third kappa shape index (κ3) is 3.46. The molecule has 0 radical (unpaired) electrons. The molecule has 1 aromatic rings. The van der Waals surface area contributed by atoms with Crippen molar-refractivity contribution in [2.24, 2.45) is 5.92 Å². The zero-order valence-corrected chi connectivity index (χ0v) is 9.82. The lowest BCUT2D eigenvalue weighted by Gasteiger charge is -2.08. The number of carbonyl (C=O) groups excluding carboxylic acids is 1. The summed E-state index contributed by atoms with van der Waals surface area (Å²) in [4.78, 5) is 11.7. The predicted octanol–water partition coefficient (Wildman–Crippen LogP) is 1.43. The molecule has 1 aromatic carbocycles. The molecule has 92 valence electrons. The maximum Gasteiger partial charge on any atom is 0.251 e. The largest absolute Gasteiger partial charge is 0.399 e. The number of benzene rings is 1. The van der Waals surface area contributed by atoms with Crippen LogP contribution >= 0.6 is 0 Å². The van der Waals surface area contributed by atoms with Gasteiger partial charge in [0, 0.05) is 31.0 Å². The Kier molecular flexibility index (Phi) is 3.98. The zero-order chi connectivity index (χ0) is 12.1. The van der Waals surface area contributed by atoms with E-state index in [1.807, 2.05) is 0 Å². The monoisotopic (exact) mass is 234 g/mol. The molecule has 4 heteroatoms. The fraction of sp³-hybridized carbons (Fsp3) is 0.462. The van der Waals surface area contributed by atoms with Gasteiger partial charge >= 0.3 is 0 Å². The summed E-state index contributed by atoms with van der Waals surface area (Å²) >= 11 is 0. The van der Waals surface area contributed by atoms with Crippen molar-refractivity contribution >= 4 is 11.6 Å². The fourth-order valence-electron chi connectivity index (χ4n) is 1.94. The number of nitrogen functional groups attached to an aromatic ring is 1. The van der Waals surface area contributed by atoms with Gasteiger partial charge in [-0.3, -0.25) is 4.79 Å². The smallest absolute Gasteiger partial charge is 0.251 e. The van der Waals surface area contributed by atoms with Gasteiger partial charge < -0.3 is 15.8 Å². The predicted molar refractivity (Wildman–Crippen MR) is 66.7 cm³/mol. The van der Waals surface area contributed by atoms with E-state index in [0.717, 1.165) is 26.1 Å². The van der Waals surface area contributed by atoms with E-state index in [9.17, 15) is 4.79 Å².